The second-order valence-corrected chi connectivity index (χ2v) is 4.23. The number of nitrogens with one attached hydrogen (secondary N) is 1. The number of ether oxygens (including phenoxy) is 1. The Morgan fingerprint density at radius 3 is 2.65 bits per heavy atom. The van der Waals surface area contributed by atoms with E-state index in [0.717, 1.165) is 0 Å². The van der Waals surface area contributed by atoms with Gasteiger partial charge in [-0.2, -0.15) is 0 Å². The summed E-state index contributed by atoms with van der Waals surface area (Å²) in [5, 5.41) is 21.3. The Balaban J connectivity index is 2.80. The van der Waals surface area contributed by atoms with Crippen molar-refractivity contribution in [1.82, 2.24) is 5.32 Å². The van der Waals surface area contributed by atoms with Crippen LogP contribution in [0.25, 0.3) is 0 Å². The van der Waals surface area contributed by atoms with Crippen LogP contribution in [0.1, 0.15) is 18.1 Å². The van der Waals surface area contributed by atoms with Crippen LogP contribution in [0.4, 0.5) is 0 Å². The van der Waals surface area contributed by atoms with Crippen LogP contribution in [-0.4, -0.2) is 29.3 Å². The molecule has 0 bridgehead atoms. The quantitative estimate of drug-likeness (QED) is 0.534. The number of hydrogen-bond acceptors (Lipinski definition) is 5. The van der Waals surface area contributed by atoms with Gasteiger partial charge < -0.3 is 20.3 Å². The topological polar surface area (TPSA) is 95.9 Å². The monoisotopic (exact) mass is 279 g/mol. The lowest BCUT2D eigenvalue weighted by molar-refractivity contribution is -0.136. The fraction of sp³-hybridized carbons (Fsp3) is 0.286. The number of hydrogen-bond donors (Lipinski definition) is 3. The van der Waals surface area contributed by atoms with Gasteiger partial charge in [-0.05, 0) is 30.2 Å². The molecule has 0 fully saturated rings. The minimum absolute atomic E-state index is 0.0607. The van der Waals surface area contributed by atoms with Crippen LogP contribution in [-0.2, 0) is 27.3 Å². The highest BCUT2D eigenvalue weighted by atomic mass is 16.5. The maximum atomic E-state index is 11.0. The third kappa shape index (κ3) is 5.01. The van der Waals surface area contributed by atoms with Crippen LogP contribution < -0.4 is 5.32 Å². The van der Waals surface area contributed by atoms with E-state index in [1.54, 1.807) is 13.0 Å². The average Bonchev–Trinajstić information content (AvgIpc) is 2.38. The molecule has 1 rings (SSSR count). The number of phenolic OH excluding ortho intramolecular Hbond substituents is 1. The number of allylic oxidation sites excluding steroid dienone is 1. The smallest absolute Gasteiger partial charge is 0.332 e. The number of phenols is 1. The fourth-order valence-corrected chi connectivity index (χ4v) is 1.63. The van der Waals surface area contributed by atoms with Gasteiger partial charge in [0.2, 0.25) is 0 Å². The van der Waals surface area contributed by atoms with Gasteiger partial charge in [0.25, 0.3) is 0 Å². The predicted octanol–water partition coefficient (Wildman–Crippen LogP) is 1.19. The predicted molar refractivity (Wildman–Crippen MR) is 72.1 cm³/mol. The first-order chi connectivity index (χ1) is 9.42. The minimum atomic E-state index is -0.946. The van der Waals surface area contributed by atoms with Gasteiger partial charge in [-0.3, -0.25) is 4.79 Å². The normalized spacial score (nSPS) is 11.0. The number of benzene rings is 1. The number of aliphatic carboxylic acids is 1. The van der Waals surface area contributed by atoms with Crippen LogP contribution in [0.5, 0.6) is 5.75 Å². The maximum absolute atomic E-state index is 11.0. The second-order valence-electron chi connectivity index (χ2n) is 4.23. The summed E-state index contributed by atoms with van der Waals surface area (Å²) >= 11 is 0. The molecule has 0 aliphatic carbocycles. The highest BCUT2D eigenvalue weighted by Crippen LogP contribution is 2.17. The Labute approximate surface area is 116 Å². The van der Waals surface area contributed by atoms with E-state index >= 15 is 0 Å². The van der Waals surface area contributed by atoms with Gasteiger partial charge in [0.1, 0.15) is 5.75 Å². The summed E-state index contributed by atoms with van der Waals surface area (Å²) in [5.74, 6) is -1.36. The number of esters is 1. The van der Waals surface area contributed by atoms with Crippen molar-refractivity contribution in [3.8, 4) is 5.75 Å². The van der Waals surface area contributed by atoms with Crippen molar-refractivity contribution >= 4 is 11.9 Å². The zero-order chi connectivity index (χ0) is 15.1. The SMILES string of the molecule is COC(=O)C=C(C)NCc1cc(O)ccc1CC(=O)O. The number of carbonyl (C=O) groups is 2. The van der Waals surface area contributed by atoms with Gasteiger partial charge in [-0.1, -0.05) is 6.07 Å². The third-order valence-electron chi connectivity index (χ3n) is 2.62. The molecule has 0 spiro atoms. The zero-order valence-corrected chi connectivity index (χ0v) is 11.3. The molecule has 0 saturated heterocycles. The van der Waals surface area contributed by atoms with Crippen LogP contribution >= 0.6 is 0 Å². The van der Waals surface area contributed by atoms with Crippen molar-refractivity contribution in [2.45, 2.75) is 19.9 Å². The molecule has 0 aliphatic rings. The van der Waals surface area contributed by atoms with Crippen molar-refractivity contribution in [1.29, 1.82) is 0 Å². The summed E-state index contributed by atoms with van der Waals surface area (Å²) < 4.78 is 4.50. The minimum Gasteiger partial charge on any atom is -0.508 e. The van der Waals surface area contributed by atoms with Crippen molar-refractivity contribution in [3.63, 3.8) is 0 Å². The number of carbonyl (C=O) groups excluding carboxylic acids is 1. The molecule has 3 N–H and O–H groups in total. The molecular weight excluding hydrogens is 262 g/mol. The third-order valence-corrected chi connectivity index (χ3v) is 2.62. The van der Waals surface area contributed by atoms with Crippen molar-refractivity contribution in [2.24, 2.45) is 0 Å². The number of methoxy groups -OCH3 is 1. The van der Waals surface area contributed by atoms with E-state index in [1.165, 1.54) is 25.3 Å². The Morgan fingerprint density at radius 2 is 2.05 bits per heavy atom. The maximum Gasteiger partial charge on any atom is 0.332 e. The Morgan fingerprint density at radius 1 is 1.35 bits per heavy atom. The first-order valence-corrected chi connectivity index (χ1v) is 5.95. The molecule has 0 saturated carbocycles. The van der Waals surface area contributed by atoms with E-state index in [-0.39, 0.29) is 12.2 Å². The van der Waals surface area contributed by atoms with E-state index in [4.69, 9.17) is 5.11 Å². The molecule has 0 amide bonds. The van der Waals surface area contributed by atoms with Crippen LogP contribution in [0.2, 0.25) is 0 Å². The van der Waals surface area contributed by atoms with E-state index < -0.39 is 11.9 Å². The van der Waals surface area contributed by atoms with Gasteiger partial charge in [0, 0.05) is 18.3 Å². The van der Waals surface area contributed by atoms with Crippen molar-refractivity contribution in [3.05, 3.63) is 41.1 Å². The molecule has 0 atom stereocenters. The standard InChI is InChI=1S/C14H17NO5/c1-9(5-14(19)20-2)15-8-11-6-12(16)4-3-10(11)7-13(17)18/h3-6,15-16H,7-8H2,1-2H3,(H,17,18). The first kappa shape index (κ1) is 15.6. The van der Waals surface area contributed by atoms with E-state index in [1.807, 2.05) is 0 Å². The molecule has 0 unspecified atom stereocenters. The van der Waals surface area contributed by atoms with Gasteiger partial charge in [-0.15, -0.1) is 0 Å². The fourth-order valence-electron chi connectivity index (χ4n) is 1.63. The van der Waals surface area contributed by atoms with Crippen LogP contribution in [0.3, 0.4) is 0 Å². The Hall–Kier alpha value is -2.50. The summed E-state index contributed by atoms with van der Waals surface area (Å²) in [6.07, 6.45) is 1.16. The lowest BCUT2D eigenvalue weighted by Crippen LogP contribution is -2.15. The van der Waals surface area contributed by atoms with Gasteiger partial charge in [0.05, 0.1) is 13.5 Å². The highest BCUT2D eigenvalue weighted by Gasteiger charge is 2.08. The molecule has 0 radical (unpaired) electrons. The average molecular weight is 279 g/mol. The largest absolute Gasteiger partial charge is 0.508 e. The van der Waals surface area contributed by atoms with Crippen molar-refractivity contribution in [2.75, 3.05) is 7.11 Å². The molecule has 6 nitrogen and oxygen atoms in total. The van der Waals surface area contributed by atoms with Crippen molar-refractivity contribution < 1.29 is 24.5 Å². The number of rotatable bonds is 6. The lowest BCUT2D eigenvalue weighted by atomic mass is 10.0. The number of aromatic hydroxyl groups is 1. The van der Waals surface area contributed by atoms with Gasteiger partial charge >= 0.3 is 11.9 Å². The van der Waals surface area contributed by atoms with E-state index in [9.17, 15) is 14.7 Å². The highest BCUT2D eigenvalue weighted by molar-refractivity contribution is 5.82. The second kappa shape index (κ2) is 7.18. The molecular formula is C14H17NO5. The van der Waals surface area contributed by atoms with E-state index in [2.05, 4.69) is 10.1 Å². The molecule has 0 aromatic heterocycles. The Bertz CT molecular complexity index is 536. The summed E-state index contributed by atoms with van der Waals surface area (Å²) in [4.78, 5) is 21.8. The summed E-state index contributed by atoms with van der Waals surface area (Å²) in [6, 6.07) is 4.51. The number of carboxylic acids is 1. The number of carboxylic acid groups (broad SMARTS) is 1. The van der Waals surface area contributed by atoms with Crippen LogP contribution in [0, 0.1) is 0 Å². The Kier molecular flexibility index (Phi) is 5.58. The zero-order valence-electron chi connectivity index (χ0n) is 11.3. The molecule has 1 aromatic rings. The first-order valence-electron chi connectivity index (χ1n) is 5.95. The van der Waals surface area contributed by atoms with Gasteiger partial charge in [-0.25, -0.2) is 4.79 Å². The molecule has 6 heteroatoms. The summed E-state index contributed by atoms with van der Waals surface area (Å²) in [7, 11) is 1.28. The molecule has 0 aliphatic heterocycles. The summed E-state index contributed by atoms with van der Waals surface area (Å²) in [6.45, 7) is 1.99. The lowest BCUT2D eigenvalue weighted by Gasteiger charge is -2.11. The van der Waals surface area contributed by atoms with Crippen LogP contribution in [0.15, 0.2) is 30.0 Å². The molecule has 1 aromatic carbocycles. The molecule has 20 heavy (non-hydrogen) atoms. The summed E-state index contributed by atoms with van der Waals surface area (Å²) in [5.41, 5.74) is 1.85. The molecule has 0 heterocycles. The van der Waals surface area contributed by atoms with Gasteiger partial charge in [0.15, 0.2) is 0 Å². The molecule has 108 valence electrons. The van der Waals surface area contributed by atoms with E-state index in [0.29, 0.717) is 23.4 Å².